The zero-order valence-corrected chi connectivity index (χ0v) is 12.3. The molecule has 0 fully saturated rings. The van der Waals surface area contributed by atoms with Gasteiger partial charge in [0.15, 0.2) is 0 Å². The molecule has 1 aromatic carbocycles. The van der Waals surface area contributed by atoms with Crippen molar-refractivity contribution in [3.8, 4) is 0 Å². The van der Waals surface area contributed by atoms with Crippen molar-refractivity contribution in [2.24, 2.45) is 0 Å². The fourth-order valence-corrected chi connectivity index (χ4v) is 2.10. The number of hydrogen-bond acceptors (Lipinski definition) is 3. The summed E-state index contributed by atoms with van der Waals surface area (Å²) in [5.74, 6) is 0. The molecule has 0 aliphatic carbocycles. The predicted octanol–water partition coefficient (Wildman–Crippen LogP) is 3.28. The lowest BCUT2D eigenvalue weighted by Crippen LogP contribution is -2.35. The van der Waals surface area contributed by atoms with Gasteiger partial charge in [-0.05, 0) is 31.5 Å². The number of hydrogen-bond donors (Lipinski definition) is 1. The van der Waals surface area contributed by atoms with E-state index in [0.717, 1.165) is 28.8 Å². The average Bonchev–Trinajstić information content (AvgIpc) is 2.33. The highest BCUT2D eigenvalue weighted by molar-refractivity contribution is 9.10. The van der Waals surface area contributed by atoms with Gasteiger partial charge in [-0.3, -0.25) is 0 Å². The van der Waals surface area contributed by atoms with Crippen LogP contribution in [-0.4, -0.2) is 26.3 Å². The van der Waals surface area contributed by atoms with Gasteiger partial charge < -0.3 is 15.4 Å². The second-order valence-corrected chi connectivity index (χ2v) is 5.06. The van der Waals surface area contributed by atoms with Crippen molar-refractivity contribution in [2.45, 2.75) is 26.3 Å². The Kier molecular flexibility index (Phi) is 5.78. The number of nitrogen functional groups attached to an aromatic ring is 1. The molecule has 1 aromatic rings. The quantitative estimate of drug-likeness (QED) is 0.820. The molecule has 0 bridgehead atoms. The van der Waals surface area contributed by atoms with Crippen LogP contribution < -0.4 is 10.6 Å². The van der Waals surface area contributed by atoms with E-state index < -0.39 is 0 Å². The van der Waals surface area contributed by atoms with Crippen LogP contribution >= 0.6 is 15.9 Å². The average molecular weight is 301 g/mol. The SMILES string of the molecule is CCC(C)N(CCOC)c1cc(Br)ccc1N. The summed E-state index contributed by atoms with van der Waals surface area (Å²) in [5, 5.41) is 0. The Hall–Kier alpha value is -0.740. The van der Waals surface area contributed by atoms with Crippen LogP contribution in [-0.2, 0) is 4.74 Å². The van der Waals surface area contributed by atoms with Gasteiger partial charge in [-0.1, -0.05) is 22.9 Å². The van der Waals surface area contributed by atoms with Gasteiger partial charge >= 0.3 is 0 Å². The van der Waals surface area contributed by atoms with Gasteiger partial charge in [-0.25, -0.2) is 0 Å². The first-order chi connectivity index (χ1) is 8.10. The van der Waals surface area contributed by atoms with Crippen molar-refractivity contribution in [3.05, 3.63) is 22.7 Å². The topological polar surface area (TPSA) is 38.5 Å². The van der Waals surface area contributed by atoms with Crippen LogP contribution in [0.5, 0.6) is 0 Å². The van der Waals surface area contributed by atoms with Gasteiger partial charge in [-0.2, -0.15) is 0 Å². The Bertz CT molecular complexity index is 357. The Labute approximate surface area is 112 Å². The highest BCUT2D eigenvalue weighted by atomic mass is 79.9. The molecule has 0 aromatic heterocycles. The number of benzene rings is 1. The van der Waals surface area contributed by atoms with Gasteiger partial charge in [-0.15, -0.1) is 0 Å². The van der Waals surface area contributed by atoms with E-state index in [2.05, 4.69) is 40.7 Å². The molecular formula is C13H21BrN2O. The molecule has 1 atom stereocenters. The molecule has 1 rings (SSSR count). The molecule has 0 aliphatic heterocycles. The molecule has 0 saturated heterocycles. The summed E-state index contributed by atoms with van der Waals surface area (Å²) in [7, 11) is 1.72. The fourth-order valence-electron chi connectivity index (χ4n) is 1.75. The molecule has 2 N–H and O–H groups in total. The Morgan fingerprint density at radius 2 is 2.18 bits per heavy atom. The van der Waals surface area contributed by atoms with Crippen molar-refractivity contribution < 1.29 is 4.74 Å². The first kappa shape index (κ1) is 14.3. The monoisotopic (exact) mass is 300 g/mol. The number of nitrogens with two attached hydrogens (primary N) is 1. The van der Waals surface area contributed by atoms with Crippen LogP contribution in [0.3, 0.4) is 0 Å². The molecule has 0 amide bonds. The maximum absolute atomic E-state index is 6.05. The van der Waals surface area contributed by atoms with Gasteiger partial charge in [0, 0.05) is 24.2 Å². The molecular weight excluding hydrogens is 280 g/mol. The number of halogens is 1. The lowest BCUT2D eigenvalue weighted by molar-refractivity contribution is 0.203. The van der Waals surface area contributed by atoms with Crippen LogP contribution in [0, 0.1) is 0 Å². The van der Waals surface area contributed by atoms with E-state index in [9.17, 15) is 0 Å². The van der Waals surface area contributed by atoms with Crippen molar-refractivity contribution in [1.82, 2.24) is 0 Å². The van der Waals surface area contributed by atoms with E-state index >= 15 is 0 Å². The Morgan fingerprint density at radius 1 is 1.47 bits per heavy atom. The highest BCUT2D eigenvalue weighted by Gasteiger charge is 2.15. The molecule has 0 radical (unpaired) electrons. The first-order valence-electron chi connectivity index (χ1n) is 5.90. The normalized spacial score (nSPS) is 12.5. The zero-order valence-electron chi connectivity index (χ0n) is 10.7. The minimum Gasteiger partial charge on any atom is -0.397 e. The smallest absolute Gasteiger partial charge is 0.0637 e. The van der Waals surface area contributed by atoms with Crippen molar-refractivity contribution in [3.63, 3.8) is 0 Å². The van der Waals surface area contributed by atoms with Crippen LogP contribution in [0.25, 0.3) is 0 Å². The molecule has 17 heavy (non-hydrogen) atoms. The van der Waals surface area contributed by atoms with E-state index in [-0.39, 0.29) is 0 Å². The molecule has 96 valence electrons. The number of methoxy groups -OCH3 is 1. The standard InChI is InChI=1S/C13H21BrN2O/c1-4-10(2)16(7-8-17-3)13-9-11(14)5-6-12(13)15/h5-6,9-10H,4,7-8,15H2,1-3H3. The van der Waals surface area contributed by atoms with Crippen LogP contribution in [0.15, 0.2) is 22.7 Å². The summed E-state index contributed by atoms with van der Waals surface area (Å²) in [6, 6.07) is 6.41. The largest absolute Gasteiger partial charge is 0.397 e. The summed E-state index contributed by atoms with van der Waals surface area (Å²) in [6.07, 6.45) is 1.08. The summed E-state index contributed by atoms with van der Waals surface area (Å²) in [5.41, 5.74) is 7.94. The van der Waals surface area contributed by atoms with Gasteiger partial charge in [0.25, 0.3) is 0 Å². The minimum atomic E-state index is 0.446. The third kappa shape index (κ3) is 3.89. The second kappa shape index (κ2) is 6.87. The third-order valence-corrected chi connectivity index (χ3v) is 3.45. The van der Waals surface area contributed by atoms with E-state index in [0.29, 0.717) is 12.6 Å². The second-order valence-electron chi connectivity index (χ2n) is 4.15. The van der Waals surface area contributed by atoms with Crippen molar-refractivity contribution in [2.75, 3.05) is 30.9 Å². The van der Waals surface area contributed by atoms with E-state index in [1.165, 1.54) is 0 Å². The van der Waals surface area contributed by atoms with Crippen LogP contribution in [0.2, 0.25) is 0 Å². The lowest BCUT2D eigenvalue weighted by Gasteiger charge is -2.31. The highest BCUT2D eigenvalue weighted by Crippen LogP contribution is 2.29. The molecule has 1 unspecified atom stereocenters. The van der Waals surface area contributed by atoms with E-state index in [4.69, 9.17) is 10.5 Å². The van der Waals surface area contributed by atoms with Gasteiger partial charge in [0.2, 0.25) is 0 Å². The lowest BCUT2D eigenvalue weighted by atomic mass is 10.1. The maximum Gasteiger partial charge on any atom is 0.0637 e. The first-order valence-corrected chi connectivity index (χ1v) is 6.70. The number of nitrogens with zero attached hydrogens (tertiary/aromatic N) is 1. The fraction of sp³-hybridized carbons (Fsp3) is 0.538. The summed E-state index contributed by atoms with van der Waals surface area (Å²) < 4.78 is 6.21. The molecule has 0 heterocycles. The minimum absolute atomic E-state index is 0.446. The Balaban J connectivity index is 2.98. The number of anilines is 2. The Morgan fingerprint density at radius 3 is 2.76 bits per heavy atom. The molecule has 0 spiro atoms. The van der Waals surface area contributed by atoms with E-state index in [1.54, 1.807) is 7.11 Å². The van der Waals surface area contributed by atoms with Gasteiger partial charge in [0.1, 0.15) is 0 Å². The maximum atomic E-state index is 6.05. The number of ether oxygens (including phenoxy) is 1. The summed E-state index contributed by atoms with van der Waals surface area (Å²) in [6.45, 7) is 5.94. The zero-order chi connectivity index (χ0) is 12.8. The number of rotatable bonds is 6. The molecule has 4 heteroatoms. The van der Waals surface area contributed by atoms with Gasteiger partial charge in [0.05, 0.1) is 18.0 Å². The third-order valence-electron chi connectivity index (χ3n) is 2.96. The summed E-state index contributed by atoms with van der Waals surface area (Å²) in [4.78, 5) is 2.30. The van der Waals surface area contributed by atoms with Crippen LogP contribution in [0.1, 0.15) is 20.3 Å². The predicted molar refractivity (Wildman–Crippen MR) is 77.5 cm³/mol. The summed E-state index contributed by atoms with van der Waals surface area (Å²) >= 11 is 3.49. The van der Waals surface area contributed by atoms with Crippen molar-refractivity contribution in [1.29, 1.82) is 0 Å². The molecule has 0 saturated carbocycles. The molecule has 0 aliphatic rings. The van der Waals surface area contributed by atoms with E-state index in [1.807, 2.05) is 12.1 Å². The van der Waals surface area contributed by atoms with Crippen molar-refractivity contribution >= 4 is 27.3 Å². The molecule has 3 nitrogen and oxygen atoms in total. The van der Waals surface area contributed by atoms with Crippen LogP contribution in [0.4, 0.5) is 11.4 Å².